The number of benzene rings is 4. The van der Waals surface area contributed by atoms with Crippen molar-refractivity contribution in [2.24, 2.45) is 34.2 Å². The number of aliphatic carboxylic acids is 8. The third-order valence-electron chi connectivity index (χ3n) is 22.1. The summed E-state index contributed by atoms with van der Waals surface area (Å²) in [6.07, 6.45) is 28.8. The maximum atomic E-state index is 11.7. The second-order valence-electron chi connectivity index (χ2n) is 39.0. The summed E-state index contributed by atoms with van der Waals surface area (Å²) in [5.74, 6) is -7.55. The molecule has 4 aromatic carbocycles. The van der Waals surface area contributed by atoms with E-state index in [1.807, 2.05) is 24.9 Å². The van der Waals surface area contributed by atoms with Gasteiger partial charge >= 0.3 is 47.8 Å². The van der Waals surface area contributed by atoms with Crippen molar-refractivity contribution in [3.63, 3.8) is 0 Å². The van der Waals surface area contributed by atoms with Crippen LogP contribution < -0.4 is 10.4 Å². The smallest absolute Gasteiger partial charge is 0.329 e. The molecule has 0 amide bonds. The minimum atomic E-state index is -1.66. The Morgan fingerprint density at radius 3 is 0.800 bits per heavy atom. The number of hydrogen-bond acceptors (Lipinski definition) is 28. The molecule has 0 saturated heterocycles. The zero-order chi connectivity index (χ0) is 111. The van der Waals surface area contributed by atoms with Gasteiger partial charge in [0.15, 0.2) is 0 Å². The fourth-order valence-corrected chi connectivity index (χ4v) is 22.5. The summed E-state index contributed by atoms with van der Waals surface area (Å²) in [5.41, 5.74) is 8.77. The molecule has 145 heavy (non-hydrogen) atoms. The van der Waals surface area contributed by atoms with Crippen molar-refractivity contribution in [1.29, 1.82) is 5.16 Å². The van der Waals surface area contributed by atoms with E-state index in [1.54, 1.807) is 0 Å². The van der Waals surface area contributed by atoms with Gasteiger partial charge in [-0.15, -0.1) is 5.16 Å². The molecule has 4 aromatic rings. The quantitative estimate of drug-likeness (QED) is 0.00849. The molecule has 2 aliphatic rings. The van der Waals surface area contributed by atoms with Crippen molar-refractivity contribution in [3.8, 4) is 23.0 Å². The molecule has 6 rings (SSSR count). The number of rotatable bonds is 41. The van der Waals surface area contributed by atoms with Gasteiger partial charge in [-0.1, -0.05) is 260 Å². The number of aliphatic hydroxyl groups is 8. The van der Waals surface area contributed by atoms with Crippen LogP contribution >= 0.6 is 67.3 Å². The Hall–Kier alpha value is -6.23. The Bertz CT molecular complexity index is 4440. The number of nitrogens with zero attached hydrogens (tertiary/aromatic N) is 7. The largest absolute Gasteiger partial charge is 0.507 e. The van der Waals surface area contributed by atoms with Gasteiger partial charge in [-0.2, -0.15) is 0 Å². The van der Waals surface area contributed by atoms with Crippen molar-refractivity contribution in [2.75, 3.05) is 78.7 Å². The van der Waals surface area contributed by atoms with E-state index < -0.39 is 124 Å². The van der Waals surface area contributed by atoms with Crippen molar-refractivity contribution in [2.45, 2.75) is 315 Å². The standard InChI is InChI=1S/C41H68N6O2P8.C40H66N2O2Si2.8C2H4O3.2Co/c1-40(2,3)34-24-30(28(12-9-18-45-54-50)14-11-21-57(42)53)22-32(38(34)48)26-43-36-15-7-8-16-37(36)44-27-33-23-31(25-35(39(33)49)41(4,5)6)29(17-20-47-56-52)13-10-19-46-55-51;1-13-15-21-45(9,10)31-23-29(37(43)33(25-31)39(3,4)5)27-41-35-19-17-18-20-36(35)42-28-30-24-32(46(11,12)22-16-14-2)26-34(38(30)44)40(6,7)8;8*3-1-2(4)5;;/h22-29,36-37,42H,7-21,50-53H2,1-6H3,(H-,43,44,48,49);23-28,35-36,43-44H,13-22H2,1-12H3;8*3H,1H2,(H,4,5);;/p+1. The van der Waals surface area contributed by atoms with Crippen LogP contribution in [0.3, 0.4) is 0 Å². The van der Waals surface area contributed by atoms with Crippen LogP contribution in [0.4, 0.5) is 0 Å². The number of hydrogen-bond donors (Lipinski definition) is 21. The summed E-state index contributed by atoms with van der Waals surface area (Å²) in [6, 6.07) is 20.3. The summed E-state index contributed by atoms with van der Waals surface area (Å²) in [6.45, 7) is 36.6. The summed E-state index contributed by atoms with van der Waals surface area (Å²) in [7, 11) is 9.53. The number of carbonyl (C=O) groups is 8. The van der Waals surface area contributed by atoms with E-state index >= 15 is 0 Å². The van der Waals surface area contributed by atoms with Gasteiger partial charge in [0.05, 0.1) is 40.3 Å². The fraction of sp³-hybridized carbons (Fsp3) is 0.629. The summed E-state index contributed by atoms with van der Waals surface area (Å²) in [4.78, 5) is 93.6. The van der Waals surface area contributed by atoms with Crippen LogP contribution in [0, 0.1) is 5.16 Å². The van der Waals surface area contributed by atoms with Gasteiger partial charge in [0.25, 0.3) is 0 Å². The van der Waals surface area contributed by atoms with Crippen LogP contribution in [0.5, 0.6) is 23.0 Å². The van der Waals surface area contributed by atoms with Gasteiger partial charge in [-0.3, -0.25) is 34.2 Å². The first-order chi connectivity index (χ1) is 66.6. The second kappa shape index (κ2) is 81.5. The molecule has 11 unspecified atom stereocenters. The topological polar surface area (TPSA) is 652 Å². The van der Waals surface area contributed by atoms with E-state index in [-0.39, 0.29) is 79.4 Å². The van der Waals surface area contributed by atoms with Crippen LogP contribution in [0.15, 0.2) is 82.7 Å². The number of aromatic hydroxyl groups is 4. The molecule has 0 spiro atoms. The molecule has 0 aliphatic heterocycles. The number of phenols is 4. The van der Waals surface area contributed by atoms with Crippen LogP contribution in [0.25, 0.3) is 0 Å². The molecule has 0 bridgehead atoms. The minimum absolute atomic E-state index is 0. The van der Waals surface area contributed by atoms with Crippen molar-refractivity contribution >= 4 is 166 Å². The third-order valence-corrected chi connectivity index (χ3v) is 33.2. The first-order valence-corrected chi connectivity index (χ1v) is 64.2. The van der Waals surface area contributed by atoms with E-state index in [4.69, 9.17) is 145 Å². The Kier molecular flexibility index (Phi) is 84.0. The molecule has 2 saturated carbocycles. The van der Waals surface area contributed by atoms with Gasteiger partial charge < -0.3 is 102 Å². The first-order valence-electron chi connectivity index (χ1n) is 47.3. The number of unbranched alkanes of at least 4 members (excludes halogenated alkanes) is 2. The van der Waals surface area contributed by atoms with Crippen LogP contribution in [0.2, 0.25) is 38.3 Å². The Morgan fingerprint density at radius 2 is 0.586 bits per heavy atom. The molecular formula is C97H167Co2N8O28P8Si2+. The van der Waals surface area contributed by atoms with Crippen LogP contribution in [0.1, 0.15) is 286 Å². The normalized spacial score (nSPS) is 15.2. The van der Waals surface area contributed by atoms with E-state index in [2.05, 4.69) is 222 Å². The first kappa shape index (κ1) is 149. The molecule has 2 radical (unpaired) electrons. The average Bonchev–Trinajstić information content (AvgIpc) is 0.785. The summed E-state index contributed by atoms with van der Waals surface area (Å²) >= 11 is 0. The van der Waals surface area contributed by atoms with Crippen molar-refractivity contribution in [1.82, 2.24) is 0 Å². The van der Waals surface area contributed by atoms with Crippen LogP contribution in [-0.2, 0) is 93.6 Å². The maximum absolute atomic E-state index is 11.7. The van der Waals surface area contributed by atoms with Gasteiger partial charge in [0.2, 0.25) is 7.40 Å². The number of aliphatic hydroxyl groups excluding tert-OH is 8. The number of carboxylic acids is 8. The Morgan fingerprint density at radius 1 is 0.372 bits per heavy atom. The van der Waals surface area contributed by atoms with Gasteiger partial charge in [0.1, 0.15) is 90.9 Å². The van der Waals surface area contributed by atoms with Gasteiger partial charge in [0, 0.05) is 136 Å². The molecule has 36 nitrogen and oxygen atoms in total. The van der Waals surface area contributed by atoms with Crippen LogP contribution in [-0.4, -0.2) is 294 Å². The SMILES string of the molecule is CC(C)(C)c1cc(C(CCCN=PP)CCC[P+](=N)P)cc(C=NC2CCCCC2N=Cc2cc(C(CCCN=PP)CCN=PP)cc(C(C)(C)C)c2O)c1O.CCCC[Si](C)(C)c1cc(C=NC2CCCCC2N=Cc2cc([Si](C)(C)CCCC)cc(C(C)(C)C)c2O)c(O)c(C(C)(C)C)c1.O=C(O)CO.O=C(O)CO.O=C(O)CO.O=C(O)CO.O=C(O)CO.O=C(O)CO.O=C(O)CO.O=C(O)CO.[Co].[Co]. The van der Waals surface area contributed by atoms with E-state index in [1.165, 1.54) is 59.3 Å². The van der Waals surface area contributed by atoms with Crippen molar-refractivity contribution < 1.29 is 174 Å². The maximum Gasteiger partial charge on any atom is 0.329 e. The number of phenolic OH excluding ortho intramolecular Hbond substituents is 4. The third kappa shape index (κ3) is 68.3. The summed E-state index contributed by atoms with van der Waals surface area (Å²) < 4.78 is 13.6. The average molecular weight is 2320 g/mol. The molecule has 2 aliphatic carbocycles. The monoisotopic (exact) mass is 2310 g/mol. The summed E-state index contributed by atoms with van der Waals surface area (Å²) in [5, 5.41) is 177. The Balaban J connectivity index is -0.000000481. The van der Waals surface area contributed by atoms with E-state index in [0.29, 0.717) is 34.8 Å². The van der Waals surface area contributed by atoms with E-state index in [0.717, 1.165) is 191 Å². The zero-order valence-electron chi connectivity index (χ0n) is 87.3. The van der Waals surface area contributed by atoms with Gasteiger partial charge in [-0.05, 0) is 139 Å². The van der Waals surface area contributed by atoms with Gasteiger partial charge in [-0.25, -0.2) is 38.4 Å². The fourth-order valence-electron chi connectivity index (χ4n) is 14.4. The number of carboxylic acid groups (broad SMARTS) is 8. The van der Waals surface area contributed by atoms with E-state index in [9.17, 15) is 20.4 Å². The predicted molar refractivity (Wildman–Crippen MR) is 595 cm³/mol. The van der Waals surface area contributed by atoms with Crippen molar-refractivity contribution in [3.05, 3.63) is 104 Å². The predicted octanol–water partition coefficient (Wildman–Crippen LogP) is 17.7. The Labute approximate surface area is 894 Å². The minimum Gasteiger partial charge on any atom is -0.507 e. The number of nitrogens with one attached hydrogen (secondary N) is 1. The molecule has 21 N–H and O–H groups in total. The molecular weight excluding hydrogens is 2150 g/mol. The molecule has 11 atom stereocenters. The number of aliphatic imine (C=N–C) groups is 4. The molecule has 48 heteroatoms. The molecule has 0 aromatic heterocycles. The molecule has 0 heterocycles. The molecule has 828 valence electrons. The molecule has 2 fully saturated rings. The zero-order valence-corrected chi connectivity index (χ0v) is 99.6. The second-order valence-corrected chi connectivity index (χ2v) is 55.6.